The number of aromatic hydroxyl groups is 1. The number of benzene rings is 2. The Morgan fingerprint density at radius 3 is 2.55 bits per heavy atom. The van der Waals surface area contributed by atoms with Gasteiger partial charge in [-0.15, -0.1) is 0 Å². The van der Waals surface area contributed by atoms with Crippen LogP contribution in [0, 0.1) is 0 Å². The van der Waals surface area contributed by atoms with Gasteiger partial charge in [-0.05, 0) is 18.6 Å². The molecule has 0 unspecified atom stereocenters. The van der Waals surface area contributed by atoms with Gasteiger partial charge in [0.05, 0.1) is 23.8 Å². The summed E-state index contributed by atoms with van der Waals surface area (Å²) < 4.78 is 10.4. The second-order valence-corrected chi connectivity index (χ2v) is 7.48. The molecule has 0 saturated heterocycles. The van der Waals surface area contributed by atoms with Crippen LogP contribution in [0.5, 0.6) is 11.5 Å². The fourth-order valence-corrected chi connectivity index (χ4v) is 3.29. The second kappa shape index (κ2) is 11.3. The Hall–Kier alpha value is -1.96. The highest BCUT2D eigenvalue weighted by atomic mass is 79.9. The smallest absolute Gasteiger partial charge is 0.328 e. The van der Waals surface area contributed by atoms with Gasteiger partial charge in [0.25, 0.3) is 5.91 Å². The molecule has 0 aliphatic carbocycles. The molecule has 2 aromatic rings. The fraction of sp³-hybridized carbons (Fsp3) is 0.300. The molecular formula is C20H20BrCl2NO5. The number of esters is 1. The standard InChI is InChI=1S/C20H20BrCl2NO5/c1-2-28-20(27)15(10-12-6-4-3-5-7-12)24-19(26)13-11-14(22)18(29-9-8-21)16(23)17(13)25/h3-7,11,15,25H,2,8-10H2,1H3,(H,24,26)/t15-/m0/s1. The molecule has 0 aliphatic heterocycles. The first kappa shape index (κ1) is 23.3. The molecular weight excluding hydrogens is 485 g/mol. The van der Waals surface area contributed by atoms with Crippen LogP contribution in [-0.2, 0) is 16.0 Å². The van der Waals surface area contributed by atoms with Crippen molar-refractivity contribution < 1.29 is 24.2 Å². The summed E-state index contributed by atoms with van der Waals surface area (Å²) in [7, 11) is 0. The zero-order valence-corrected chi connectivity index (χ0v) is 18.7. The molecule has 2 aromatic carbocycles. The Bertz CT molecular complexity index is 864. The van der Waals surface area contributed by atoms with Gasteiger partial charge in [0.2, 0.25) is 0 Å². The quantitative estimate of drug-likeness (QED) is 0.391. The number of carbonyl (C=O) groups excluding carboxylic acids is 2. The minimum absolute atomic E-state index is 0.0645. The zero-order valence-electron chi connectivity index (χ0n) is 15.6. The first-order valence-corrected chi connectivity index (χ1v) is 10.7. The second-order valence-electron chi connectivity index (χ2n) is 5.90. The van der Waals surface area contributed by atoms with Crippen LogP contribution in [0.1, 0.15) is 22.8 Å². The van der Waals surface area contributed by atoms with Crippen molar-refractivity contribution in [3.05, 3.63) is 57.6 Å². The first-order valence-electron chi connectivity index (χ1n) is 8.80. The van der Waals surface area contributed by atoms with Gasteiger partial charge < -0.3 is 19.9 Å². The van der Waals surface area contributed by atoms with Crippen molar-refractivity contribution in [2.75, 3.05) is 18.5 Å². The third-order valence-electron chi connectivity index (χ3n) is 3.88. The predicted octanol–water partition coefficient (Wildman–Crippen LogP) is 4.38. The maximum atomic E-state index is 12.8. The molecule has 2 N–H and O–H groups in total. The van der Waals surface area contributed by atoms with Crippen molar-refractivity contribution in [2.24, 2.45) is 0 Å². The molecule has 0 spiro atoms. The summed E-state index contributed by atoms with van der Waals surface area (Å²) >= 11 is 15.5. The Morgan fingerprint density at radius 2 is 1.93 bits per heavy atom. The maximum Gasteiger partial charge on any atom is 0.328 e. The van der Waals surface area contributed by atoms with Crippen LogP contribution in [0.3, 0.4) is 0 Å². The topological polar surface area (TPSA) is 84.9 Å². The van der Waals surface area contributed by atoms with Gasteiger partial charge in [0.1, 0.15) is 11.1 Å². The molecule has 0 radical (unpaired) electrons. The largest absolute Gasteiger partial charge is 0.505 e. The van der Waals surface area contributed by atoms with E-state index in [2.05, 4.69) is 21.2 Å². The molecule has 1 amide bonds. The van der Waals surface area contributed by atoms with Crippen molar-refractivity contribution in [1.29, 1.82) is 0 Å². The molecule has 29 heavy (non-hydrogen) atoms. The average molecular weight is 505 g/mol. The summed E-state index contributed by atoms with van der Waals surface area (Å²) in [4.78, 5) is 25.1. The summed E-state index contributed by atoms with van der Waals surface area (Å²) in [6, 6.07) is 9.47. The normalized spacial score (nSPS) is 11.6. The van der Waals surface area contributed by atoms with Gasteiger partial charge in [-0.2, -0.15) is 0 Å². The summed E-state index contributed by atoms with van der Waals surface area (Å²) in [6.45, 7) is 2.12. The van der Waals surface area contributed by atoms with Gasteiger partial charge in [0, 0.05) is 11.8 Å². The molecule has 6 nitrogen and oxygen atoms in total. The van der Waals surface area contributed by atoms with Crippen molar-refractivity contribution >= 4 is 51.0 Å². The van der Waals surface area contributed by atoms with E-state index in [1.54, 1.807) is 6.92 Å². The van der Waals surface area contributed by atoms with Crippen LogP contribution < -0.4 is 10.1 Å². The van der Waals surface area contributed by atoms with Crippen LogP contribution in [0.15, 0.2) is 36.4 Å². The van der Waals surface area contributed by atoms with E-state index < -0.39 is 23.7 Å². The lowest BCUT2D eigenvalue weighted by atomic mass is 10.1. The van der Waals surface area contributed by atoms with E-state index >= 15 is 0 Å². The van der Waals surface area contributed by atoms with E-state index in [9.17, 15) is 14.7 Å². The minimum atomic E-state index is -0.953. The minimum Gasteiger partial charge on any atom is -0.505 e. The Labute approximate surface area is 187 Å². The lowest BCUT2D eigenvalue weighted by molar-refractivity contribution is -0.145. The molecule has 0 aromatic heterocycles. The van der Waals surface area contributed by atoms with E-state index in [1.807, 2.05) is 30.3 Å². The fourth-order valence-electron chi connectivity index (χ4n) is 2.56. The number of halogens is 3. The van der Waals surface area contributed by atoms with Crippen molar-refractivity contribution in [3.8, 4) is 11.5 Å². The van der Waals surface area contributed by atoms with E-state index in [0.717, 1.165) is 5.56 Å². The van der Waals surface area contributed by atoms with E-state index in [-0.39, 0.29) is 41.0 Å². The maximum absolute atomic E-state index is 12.8. The molecule has 0 aliphatic rings. The Balaban J connectivity index is 2.27. The van der Waals surface area contributed by atoms with Crippen LogP contribution in [0.25, 0.3) is 0 Å². The number of rotatable bonds is 9. The molecule has 2 rings (SSSR count). The monoisotopic (exact) mass is 503 g/mol. The number of phenols is 1. The number of hydrogen-bond acceptors (Lipinski definition) is 5. The number of hydrogen-bond donors (Lipinski definition) is 2. The van der Waals surface area contributed by atoms with Crippen LogP contribution in [0.2, 0.25) is 10.0 Å². The van der Waals surface area contributed by atoms with E-state index in [4.69, 9.17) is 32.7 Å². The van der Waals surface area contributed by atoms with Crippen LogP contribution >= 0.6 is 39.1 Å². The number of alkyl halides is 1. The number of nitrogens with one attached hydrogen (secondary N) is 1. The number of phenolic OH excluding ortho intramolecular Hbond substituents is 1. The molecule has 9 heteroatoms. The Kier molecular flexibility index (Phi) is 9.07. The van der Waals surface area contributed by atoms with Crippen molar-refractivity contribution in [1.82, 2.24) is 5.32 Å². The van der Waals surface area contributed by atoms with Gasteiger partial charge >= 0.3 is 5.97 Å². The first-order chi connectivity index (χ1) is 13.9. The molecule has 0 heterocycles. The summed E-state index contributed by atoms with van der Waals surface area (Å²) in [5, 5.41) is 13.4. The number of amides is 1. The third kappa shape index (κ3) is 6.26. The number of ether oxygens (including phenoxy) is 2. The zero-order chi connectivity index (χ0) is 21.4. The average Bonchev–Trinajstić information content (AvgIpc) is 2.71. The lowest BCUT2D eigenvalue weighted by Crippen LogP contribution is -2.43. The summed E-state index contributed by atoms with van der Waals surface area (Å²) in [5.41, 5.74) is 0.665. The highest BCUT2D eigenvalue weighted by Crippen LogP contribution is 2.42. The summed E-state index contributed by atoms with van der Waals surface area (Å²) in [6.07, 6.45) is 0.222. The van der Waals surface area contributed by atoms with E-state index in [0.29, 0.717) is 5.33 Å². The highest BCUT2D eigenvalue weighted by Gasteiger charge is 2.27. The van der Waals surface area contributed by atoms with Gasteiger partial charge in [-0.3, -0.25) is 4.79 Å². The number of carbonyl (C=O) groups is 2. The van der Waals surface area contributed by atoms with Gasteiger partial charge in [0.15, 0.2) is 11.5 Å². The molecule has 1 atom stereocenters. The molecule has 156 valence electrons. The molecule has 0 fully saturated rings. The van der Waals surface area contributed by atoms with E-state index in [1.165, 1.54) is 6.07 Å². The van der Waals surface area contributed by atoms with Gasteiger partial charge in [-0.25, -0.2) is 4.79 Å². The Morgan fingerprint density at radius 1 is 1.24 bits per heavy atom. The highest BCUT2D eigenvalue weighted by molar-refractivity contribution is 9.09. The molecule has 0 saturated carbocycles. The SMILES string of the molecule is CCOC(=O)[C@H](Cc1ccccc1)NC(=O)c1cc(Cl)c(OCCBr)c(Cl)c1O. The van der Waals surface area contributed by atoms with Crippen LogP contribution in [0.4, 0.5) is 0 Å². The predicted molar refractivity (Wildman–Crippen MR) is 115 cm³/mol. The van der Waals surface area contributed by atoms with Crippen LogP contribution in [-0.4, -0.2) is 41.6 Å². The van der Waals surface area contributed by atoms with Crippen molar-refractivity contribution in [3.63, 3.8) is 0 Å². The third-order valence-corrected chi connectivity index (χ3v) is 4.83. The van der Waals surface area contributed by atoms with Gasteiger partial charge in [-0.1, -0.05) is 69.5 Å². The van der Waals surface area contributed by atoms with Crippen molar-refractivity contribution in [2.45, 2.75) is 19.4 Å². The summed E-state index contributed by atoms with van der Waals surface area (Å²) in [5.74, 6) is -1.71. The molecule has 0 bridgehead atoms. The lowest BCUT2D eigenvalue weighted by Gasteiger charge is -2.19.